The SMILES string of the molecule is CC(C)(CN)NS(=O)(=O)N1C[C@H](CCCB(O)O)[C@](N)(C(=O)O)C1.CCN(C1(CN)CC1)S(=O)(=O)N1C[C@H](CCCB(O)O)[C@](N)(C(=O)O)C1.CN(C(C)(C)CN)S(=O)(=O)N1C[C@H](CCCB(O)O)[C@](N)(C(=O)O)C1.CN(C1(CN)CC1)S(=O)(=O)N1C[C@H](CCCB(O)O)[C@](N)(C(=O)O)C1.NC1CC(NS(=O)(=O)N2C[C@H](CCCB(O)O)[C@](N)(C(=O)O)C2)C1. The largest absolute Gasteiger partial charge is 0.480 e. The molecule has 0 aromatic heterocycles. The number of carbonyl (C=O) groups is 5. The molecular formula is C64H137B5N20O30S5. The summed E-state index contributed by atoms with van der Waals surface area (Å²) >= 11 is 0. The van der Waals surface area contributed by atoms with E-state index < -0.39 is 196 Å². The van der Waals surface area contributed by atoms with E-state index in [1.807, 2.05) is 0 Å². The second-order valence-electron chi connectivity index (χ2n) is 35.5. The highest BCUT2D eigenvalue weighted by atomic mass is 32.2. The highest BCUT2D eigenvalue weighted by Crippen LogP contribution is 2.46. The molecule has 5 aliphatic heterocycles. The fourth-order valence-electron chi connectivity index (χ4n) is 16.0. The van der Waals surface area contributed by atoms with Gasteiger partial charge in [0.2, 0.25) is 0 Å². The van der Waals surface area contributed by atoms with Crippen molar-refractivity contribution in [3.05, 3.63) is 0 Å². The average molecular weight is 1880 g/mol. The monoisotopic (exact) mass is 1880 g/mol. The van der Waals surface area contributed by atoms with Gasteiger partial charge >= 0.3 is 65.4 Å². The lowest BCUT2D eigenvalue weighted by molar-refractivity contribution is -0.145. The number of aliphatic carboxylic acids is 5. The second kappa shape index (κ2) is 44.6. The summed E-state index contributed by atoms with van der Waals surface area (Å²) in [5, 5.41) is 137. The molecular weight excluding hydrogens is 1740 g/mol. The van der Waals surface area contributed by atoms with Crippen molar-refractivity contribution in [3.8, 4) is 0 Å². The molecule has 5 saturated heterocycles. The number of likely N-dealkylation sites (N-methyl/N-ethyl adjacent to an activating group) is 3. The minimum Gasteiger partial charge on any atom is -0.480 e. The Bertz CT molecular complexity index is 4060. The molecule has 5 heterocycles. The summed E-state index contributed by atoms with van der Waals surface area (Å²) in [7, 11) is -24.1. The minimum atomic E-state index is -3.95. The lowest BCUT2D eigenvalue weighted by atomic mass is 9.78. The fraction of sp³-hybridized carbons (Fsp3) is 0.922. The molecule has 124 heavy (non-hydrogen) atoms. The van der Waals surface area contributed by atoms with Crippen molar-refractivity contribution in [2.24, 2.45) is 86.9 Å². The molecule has 0 unspecified atom stereocenters. The van der Waals surface area contributed by atoms with Gasteiger partial charge in [-0.25, -0.2) is 0 Å². The van der Waals surface area contributed by atoms with Crippen LogP contribution in [0.25, 0.3) is 0 Å². The van der Waals surface area contributed by atoms with Gasteiger partial charge in [-0.15, -0.1) is 0 Å². The van der Waals surface area contributed by atoms with Crippen molar-refractivity contribution >= 4 is 116 Å². The maximum absolute atomic E-state index is 13.1. The van der Waals surface area contributed by atoms with Gasteiger partial charge < -0.3 is 133 Å². The Kier molecular flexibility index (Phi) is 40.5. The zero-order valence-electron chi connectivity index (χ0n) is 71.6. The molecule has 8 fully saturated rings. The molecule has 0 radical (unpaired) electrons. The summed E-state index contributed by atoms with van der Waals surface area (Å²) in [5.41, 5.74) is 46.9. The first kappa shape index (κ1) is 113. The van der Waals surface area contributed by atoms with E-state index in [2.05, 4.69) is 9.44 Å². The Labute approximate surface area is 728 Å². The number of hydrogen-bond donors (Lipinski definition) is 27. The van der Waals surface area contributed by atoms with Crippen molar-refractivity contribution in [1.82, 2.24) is 43.9 Å². The van der Waals surface area contributed by atoms with Gasteiger partial charge in [0.05, 0.1) is 0 Å². The van der Waals surface area contributed by atoms with Gasteiger partial charge in [0.1, 0.15) is 27.7 Å². The Hall–Kier alpha value is -3.78. The van der Waals surface area contributed by atoms with Crippen molar-refractivity contribution in [1.29, 1.82) is 0 Å². The molecule has 3 aliphatic carbocycles. The average Bonchev–Trinajstić information content (AvgIpc) is 1.57. The molecule has 8 rings (SSSR count). The van der Waals surface area contributed by atoms with E-state index >= 15 is 0 Å². The number of nitrogens with two attached hydrogens (primary N) is 10. The molecule has 0 bridgehead atoms. The van der Waals surface area contributed by atoms with E-state index in [4.69, 9.17) is 108 Å². The van der Waals surface area contributed by atoms with Crippen LogP contribution in [-0.4, -0.2) is 392 Å². The number of carboxylic acids is 5. The van der Waals surface area contributed by atoms with Crippen molar-refractivity contribution in [2.75, 3.05) is 112 Å². The maximum Gasteiger partial charge on any atom is 0.451 e. The number of rotatable bonds is 45. The zero-order chi connectivity index (χ0) is 95.3. The van der Waals surface area contributed by atoms with E-state index in [1.54, 1.807) is 34.6 Å². The first-order valence-electron chi connectivity index (χ1n) is 41.0. The highest BCUT2D eigenvalue weighted by Gasteiger charge is 2.61. The molecule has 8 aliphatic rings. The number of nitrogens with one attached hydrogen (secondary N) is 2. The lowest BCUT2D eigenvalue weighted by Crippen LogP contribution is -2.57. The predicted molar refractivity (Wildman–Crippen MR) is 457 cm³/mol. The minimum absolute atomic E-state index is 0.0101. The molecule has 0 aromatic rings. The summed E-state index contributed by atoms with van der Waals surface area (Å²) in [6.45, 7) is 7.38. The van der Waals surface area contributed by atoms with Crippen LogP contribution in [0, 0.1) is 29.6 Å². The van der Waals surface area contributed by atoms with E-state index in [0.717, 1.165) is 25.8 Å². The molecule has 0 aromatic carbocycles. The molecule has 10 atom stereocenters. The first-order chi connectivity index (χ1) is 56.7. The van der Waals surface area contributed by atoms with E-state index in [9.17, 15) is 91.6 Å². The first-order valence-corrected chi connectivity index (χ1v) is 48.1. The Balaban J connectivity index is 0.000000325. The molecule has 50 nitrogen and oxygen atoms in total. The summed E-state index contributed by atoms with van der Waals surface area (Å²) in [5.74, 6) is -9.43. The van der Waals surface area contributed by atoms with Crippen molar-refractivity contribution < 1.29 is 142 Å². The molecule has 0 spiro atoms. The number of hydrogen-bond acceptors (Lipinski definition) is 35. The third-order valence-electron chi connectivity index (χ3n) is 25.3. The molecule has 0 amide bonds. The number of carboxylic acid groups (broad SMARTS) is 5. The van der Waals surface area contributed by atoms with Crippen LogP contribution in [0.1, 0.15) is 137 Å². The van der Waals surface area contributed by atoms with Crippen LogP contribution in [0.2, 0.25) is 31.6 Å². The molecule has 60 heteroatoms. The summed E-state index contributed by atoms with van der Waals surface area (Å²) in [4.78, 5) is 58.1. The van der Waals surface area contributed by atoms with Gasteiger partial charge in [0, 0.05) is 176 Å². The molecule has 3 saturated carbocycles. The smallest absolute Gasteiger partial charge is 0.451 e. The van der Waals surface area contributed by atoms with Crippen LogP contribution < -0.4 is 66.8 Å². The Morgan fingerprint density at radius 2 is 0.685 bits per heavy atom. The predicted octanol–water partition coefficient (Wildman–Crippen LogP) is -11.7. The molecule has 718 valence electrons. The quantitative estimate of drug-likeness (QED) is 0.0252. The summed E-state index contributed by atoms with van der Waals surface area (Å²) in [6.07, 6.45) is 7.30. The normalized spacial score (nSPS) is 28.6. The zero-order valence-corrected chi connectivity index (χ0v) is 75.7. The van der Waals surface area contributed by atoms with Gasteiger partial charge in [-0.3, -0.25) is 24.0 Å². The van der Waals surface area contributed by atoms with Crippen LogP contribution in [0.15, 0.2) is 0 Å². The maximum atomic E-state index is 13.1. The second-order valence-corrected chi connectivity index (χ2v) is 44.6. The third kappa shape index (κ3) is 28.2. The van der Waals surface area contributed by atoms with Crippen molar-refractivity contribution in [3.63, 3.8) is 0 Å². The Morgan fingerprint density at radius 1 is 0.419 bits per heavy atom. The highest BCUT2D eigenvalue weighted by molar-refractivity contribution is 7.88. The van der Waals surface area contributed by atoms with E-state index in [-0.39, 0.29) is 161 Å². The summed E-state index contributed by atoms with van der Waals surface area (Å²) < 4.78 is 142. The standard InChI is InChI=1S/C14H29BN4O6S.C13H27BN4O6S.C13H29BN4O6S.C12H25BN4O6S.C12H27BN4O6S/c1-2-19(13(9-16)5-6-13)26(24,25)18-8-11(4-3-7-15(22)23)14(17,10-18)12(20)21;1-17(12(8-15)4-5-12)25(23,24)18-7-10(3-2-6-14(21)22)13(16,9-18)11(19)20;1-12(2,8-15)17(3)25(23,24)18-7-10(5-4-6-14(21)22)13(16,9-18)11(19)20;14-9-4-10(5-9)16-24(22,23)17-6-8(2-1-3-13(20)21)12(15,7-17)11(18)19;1-11(2,7-14)16-24(22,23)17-6-9(4-3-5-13(20)21)12(15,8-17)10(18)19/h11,22-23H,2-10,16-17H2,1H3,(H,20,21);10,21-22H,2-9,15-16H2,1H3,(H,19,20);10,21-22H,4-9,15-16H2,1-3H3,(H,19,20);8-10,16,20-21H,1-7,14-15H2,(H,18,19);9,16,20-21H,3-8,14-15H2,1-2H3,(H,18,19)/t11-,14-;2*10-,13-;8-,9?,10?,12-;9-,12-/m00000/s1. The lowest BCUT2D eigenvalue weighted by Gasteiger charge is -2.36. The van der Waals surface area contributed by atoms with Crippen LogP contribution in [0.4, 0.5) is 0 Å². The van der Waals surface area contributed by atoms with Gasteiger partial charge in [-0.2, -0.15) is 86.0 Å². The van der Waals surface area contributed by atoms with Gasteiger partial charge in [0.15, 0.2) is 0 Å². The van der Waals surface area contributed by atoms with Crippen molar-refractivity contribution in [2.45, 2.75) is 231 Å². The van der Waals surface area contributed by atoms with Gasteiger partial charge in [-0.05, 0) is 130 Å². The Morgan fingerprint density at radius 3 is 0.927 bits per heavy atom. The fourth-order valence-corrected chi connectivity index (χ4v) is 24.9. The topological polar surface area (TPSA) is 870 Å². The van der Waals surface area contributed by atoms with Crippen LogP contribution in [-0.2, 0) is 75.0 Å². The van der Waals surface area contributed by atoms with Crippen LogP contribution >= 0.6 is 0 Å². The molecule has 37 N–H and O–H groups in total. The van der Waals surface area contributed by atoms with Gasteiger partial charge in [-0.1, -0.05) is 39.0 Å². The van der Waals surface area contributed by atoms with Gasteiger partial charge in [0.25, 0.3) is 51.0 Å². The van der Waals surface area contributed by atoms with Crippen LogP contribution in [0.3, 0.4) is 0 Å². The summed E-state index contributed by atoms with van der Waals surface area (Å²) in [6, 6.07) is -0.243. The number of nitrogens with zero attached hydrogens (tertiary/aromatic N) is 8. The van der Waals surface area contributed by atoms with Crippen LogP contribution in [0.5, 0.6) is 0 Å². The van der Waals surface area contributed by atoms with E-state index in [1.165, 1.54) is 22.7 Å². The van der Waals surface area contributed by atoms with E-state index in [0.29, 0.717) is 83.5 Å². The third-order valence-corrected chi connectivity index (χ3v) is 34.9.